The van der Waals surface area contributed by atoms with Crippen LogP contribution in [0.5, 0.6) is 0 Å². The molecule has 0 atom stereocenters. The molecule has 1 N–H and O–H groups in total. The Labute approximate surface area is 134 Å². The smallest absolute Gasteiger partial charge is 0.230 e. The number of likely N-dealkylation sites (tertiary alicyclic amines) is 1. The van der Waals surface area contributed by atoms with Gasteiger partial charge in [-0.15, -0.1) is 11.8 Å². The normalized spacial score (nSPS) is 15.7. The Kier molecular flexibility index (Phi) is 7.12. The van der Waals surface area contributed by atoms with Crippen LogP contribution in [0, 0.1) is 11.6 Å². The third kappa shape index (κ3) is 5.93. The number of rotatable bonds is 7. The second kappa shape index (κ2) is 9.10. The van der Waals surface area contributed by atoms with Gasteiger partial charge in [-0.3, -0.25) is 4.79 Å². The van der Waals surface area contributed by atoms with E-state index in [0.29, 0.717) is 11.4 Å². The van der Waals surface area contributed by atoms with Crippen LogP contribution in [-0.2, 0) is 4.79 Å². The fraction of sp³-hybridized carbons (Fsp3) is 0.562. The lowest BCUT2D eigenvalue weighted by Crippen LogP contribution is -2.33. The van der Waals surface area contributed by atoms with Crippen molar-refractivity contribution in [1.82, 2.24) is 10.2 Å². The molecule has 2 rings (SSSR count). The first-order valence-electron chi connectivity index (χ1n) is 7.72. The van der Waals surface area contributed by atoms with Crippen molar-refractivity contribution < 1.29 is 13.6 Å². The van der Waals surface area contributed by atoms with Gasteiger partial charge in [0.15, 0.2) is 11.6 Å². The average Bonchev–Trinajstić information content (AvgIpc) is 2.54. The number of carbonyl (C=O) groups is 1. The van der Waals surface area contributed by atoms with Gasteiger partial charge in [0, 0.05) is 11.4 Å². The zero-order valence-electron chi connectivity index (χ0n) is 12.6. The van der Waals surface area contributed by atoms with Gasteiger partial charge in [-0.25, -0.2) is 8.78 Å². The van der Waals surface area contributed by atoms with Crippen molar-refractivity contribution in [2.75, 3.05) is 31.9 Å². The van der Waals surface area contributed by atoms with Gasteiger partial charge in [0.25, 0.3) is 0 Å². The number of hydrogen-bond acceptors (Lipinski definition) is 3. The summed E-state index contributed by atoms with van der Waals surface area (Å²) < 4.78 is 25.8. The standard InChI is InChI=1S/C16H22F2N2OS/c17-14-6-5-13(11-15(14)18)22-12-16(21)19-7-4-10-20-8-2-1-3-9-20/h5-6,11H,1-4,7-10,12H2,(H,19,21). The second-order valence-electron chi connectivity index (χ2n) is 5.47. The summed E-state index contributed by atoms with van der Waals surface area (Å²) in [5.74, 6) is -1.61. The predicted octanol–water partition coefficient (Wildman–Crippen LogP) is 3.05. The number of amides is 1. The molecule has 0 unspecified atom stereocenters. The molecule has 0 radical (unpaired) electrons. The van der Waals surface area contributed by atoms with Crippen LogP contribution in [0.4, 0.5) is 8.78 Å². The van der Waals surface area contributed by atoms with Gasteiger partial charge in [-0.1, -0.05) is 6.42 Å². The molecule has 0 bridgehead atoms. The highest BCUT2D eigenvalue weighted by molar-refractivity contribution is 8.00. The monoisotopic (exact) mass is 328 g/mol. The van der Waals surface area contributed by atoms with Gasteiger partial charge < -0.3 is 10.2 Å². The molecule has 0 aliphatic carbocycles. The zero-order chi connectivity index (χ0) is 15.8. The van der Waals surface area contributed by atoms with E-state index in [0.717, 1.165) is 25.1 Å². The second-order valence-corrected chi connectivity index (χ2v) is 6.52. The lowest BCUT2D eigenvalue weighted by atomic mass is 10.1. The molecule has 22 heavy (non-hydrogen) atoms. The first-order chi connectivity index (χ1) is 10.6. The molecule has 1 aromatic rings. The van der Waals surface area contributed by atoms with E-state index in [1.807, 2.05) is 0 Å². The minimum Gasteiger partial charge on any atom is -0.355 e. The van der Waals surface area contributed by atoms with Crippen molar-refractivity contribution in [2.24, 2.45) is 0 Å². The first-order valence-corrected chi connectivity index (χ1v) is 8.70. The number of thioether (sulfide) groups is 1. The molecule has 1 amide bonds. The number of nitrogens with zero attached hydrogens (tertiary/aromatic N) is 1. The van der Waals surface area contributed by atoms with E-state index < -0.39 is 11.6 Å². The molecule has 0 spiro atoms. The van der Waals surface area contributed by atoms with E-state index in [1.165, 1.54) is 50.2 Å². The molecule has 122 valence electrons. The third-order valence-corrected chi connectivity index (χ3v) is 4.68. The lowest BCUT2D eigenvalue weighted by Gasteiger charge is -2.26. The number of piperidine rings is 1. The summed E-state index contributed by atoms with van der Waals surface area (Å²) in [5, 5.41) is 2.86. The third-order valence-electron chi connectivity index (χ3n) is 3.68. The van der Waals surface area contributed by atoms with E-state index in [4.69, 9.17) is 0 Å². The molecule has 0 saturated carbocycles. The van der Waals surface area contributed by atoms with Crippen LogP contribution in [0.15, 0.2) is 23.1 Å². The van der Waals surface area contributed by atoms with Gasteiger partial charge in [0.2, 0.25) is 5.91 Å². The molecule has 1 aliphatic heterocycles. The average molecular weight is 328 g/mol. The molecular formula is C16H22F2N2OS. The number of hydrogen-bond donors (Lipinski definition) is 1. The molecule has 1 heterocycles. The minimum atomic E-state index is -0.882. The minimum absolute atomic E-state index is 0.0756. The van der Waals surface area contributed by atoms with E-state index in [-0.39, 0.29) is 11.7 Å². The quantitative estimate of drug-likeness (QED) is 0.617. The van der Waals surface area contributed by atoms with Crippen LogP contribution in [-0.4, -0.2) is 42.7 Å². The highest BCUT2D eigenvalue weighted by Gasteiger charge is 2.10. The first kappa shape index (κ1) is 17.2. The number of carbonyl (C=O) groups excluding carboxylic acids is 1. The lowest BCUT2D eigenvalue weighted by molar-refractivity contribution is -0.118. The Morgan fingerprint density at radius 3 is 2.68 bits per heavy atom. The van der Waals surface area contributed by atoms with E-state index in [2.05, 4.69) is 10.2 Å². The predicted molar refractivity (Wildman–Crippen MR) is 85.0 cm³/mol. The van der Waals surface area contributed by atoms with Crippen molar-refractivity contribution in [2.45, 2.75) is 30.6 Å². The highest BCUT2D eigenvalue weighted by Crippen LogP contribution is 2.20. The fourth-order valence-electron chi connectivity index (χ4n) is 2.48. The molecular weight excluding hydrogens is 306 g/mol. The Balaban J connectivity index is 1.58. The molecule has 1 fully saturated rings. The van der Waals surface area contributed by atoms with Gasteiger partial charge in [-0.2, -0.15) is 0 Å². The summed E-state index contributed by atoms with van der Waals surface area (Å²) in [7, 11) is 0. The Morgan fingerprint density at radius 2 is 1.95 bits per heavy atom. The molecule has 0 aromatic heterocycles. The summed E-state index contributed by atoms with van der Waals surface area (Å²) in [4.78, 5) is 14.7. The topological polar surface area (TPSA) is 32.3 Å². The molecule has 1 aromatic carbocycles. The highest BCUT2D eigenvalue weighted by atomic mass is 32.2. The van der Waals surface area contributed by atoms with Crippen LogP contribution in [0.3, 0.4) is 0 Å². The Hall–Kier alpha value is -1.14. The number of nitrogens with one attached hydrogen (secondary N) is 1. The zero-order valence-corrected chi connectivity index (χ0v) is 13.4. The molecule has 6 heteroatoms. The summed E-state index contributed by atoms with van der Waals surface area (Å²) in [6, 6.07) is 3.67. The summed E-state index contributed by atoms with van der Waals surface area (Å²) in [6.45, 7) is 4.02. The maximum Gasteiger partial charge on any atom is 0.230 e. The molecule has 1 aliphatic rings. The van der Waals surface area contributed by atoms with E-state index in [1.54, 1.807) is 0 Å². The molecule has 3 nitrogen and oxygen atoms in total. The summed E-state index contributed by atoms with van der Waals surface area (Å²) >= 11 is 1.21. The Morgan fingerprint density at radius 1 is 1.18 bits per heavy atom. The van der Waals surface area contributed by atoms with Crippen LogP contribution < -0.4 is 5.32 Å². The van der Waals surface area contributed by atoms with E-state index in [9.17, 15) is 13.6 Å². The maximum atomic E-state index is 13.0. The van der Waals surface area contributed by atoms with Crippen LogP contribution in [0.2, 0.25) is 0 Å². The number of benzene rings is 1. The summed E-state index contributed by atoms with van der Waals surface area (Å²) in [6.07, 6.45) is 4.82. The largest absolute Gasteiger partial charge is 0.355 e. The Bertz CT molecular complexity index is 493. The van der Waals surface area contributed by atoms with Crippen molar-refractivity contribution >= 4 is 17.7 Å². The number of halogens is 2. The maximum absolute atomic E-state index is 13.0. The molecule has 1 saturated heterocycles. The SMILES string of the molecule is O=C(CSc1ccc(F)c(F)c1)NCCCN1CCCCC1. The van der Waals surface area contributed by atoms with Gasteiger partial charge in [0.05, 0.1) is 5.75 Å². The fourth-order valence-corrected chi connectivity index (χ4v) is 3.23. The van der Waals surface area contributed by atoms with E-state index >= 15 is 0 Å². The van der Waals surface area contributed by atoms with Crippen molar-refractivity contribution in [3.05, 3.63) is 29.8 Å². The van der Waals surface area contributed by atoms with Crippen LogP contribution >= 0.6 is 11.8 Å². The van der Waals surface area contributed by atoms with Crippen molar-refractivity contribution in [3.63, 3.8) is 0 Å². The van der Waals surface area contributed by atoms with Crippen molar-refractivity contribution in [3.8, 4) is 0 Å². The van der Waals surface area contributed by atoms with Crippen molar-refractivity contribution in [1.29, 1.82) is 0 Å². The van der Waals surface area contributed by atoms with Gasteiger partial charge in [0.1, 0.15) is 0 Å². The van der Waals surface area contributed by atoms with Crippen LogP contribution in [0.25, 0.3) is 0 Å². The van der Waals surface area contributed by atoms with Crippen LogP contribution in [0.1, 0.15) is 25.7 Å². The van der Waals surface area contributed by atoms with Gasteiger partial charge >= 0.3 is 0 Å². The summed E-state index contributed by atoms with van der Waals surface area (Å²) in [5.41, 5.74) is 0. The van der Waals surface area contributed by atoms with Gasteiger partial charge in [-0.05, 0) is 57.1 Å².